The van der Waals surface area contributed by atoms with E-state index in [0.717, 1.165) is 46.6 Å². The highest BCUT2D eigenvalue weighted by molar-refractivity contribution is 5.96. The fraction of sp³-hybridized carbons (Fsp3) is 0.238. The molecule has 2 N–H and O–H groups in total. The van der Waals surface area contributed by atoms with Gasteiger partial charge in [-0.15, -0.1) is 0 Å². The number of benzene rings is 2. The number of anilines is 2. The maximum absolute atomic E-state index is 11.9. The highest BCUT2D eigenvalue weighted by atomic mass is 16.5. The van der Waals surface area contributed by atoms with E-state index in [1.807, 2.05) is 54.6 Å². The smallest absolute Gasteiger partial charge is 0.227 e. The lowest BCUT2D eigenvalue weighted by Gasteiger charge is -2.11. The van der Waals surface area contributed by atoms with Gasteiger partial charge in [0, 0.05) is 29.1 Å². The number of fused-ring (bicyclic) bond motifs is 1. The summed E-state index contributed by atoms with van der Waals surface area (Å²) >= 11 is 0. The molecule has 1 aliphatic carbocycles. The van der Waals surface area contributed by atoms with Gasteiger partial charge in [0.2, 0.25) is 5.91 Å². The minimum atomic E-state index is 0.118. The Morgan fingerprint density at radius 2 is 2.00 bits per heavy atom. The van der Waals surface area contributed by atoms with E-state index in [4.69, 9.17) is 4.74 Å². The third-order valence-corrected chi connectivity index (χ3v) is 4.56. The van der Waals surface area contributed by atoms with E-state index in [0.29, 0.717) is 6.54 Å². The van der Waals surface area contributed by atoms with Gasteiger partial charge in [0.25, 0.3) is 0 Å². The predicted molar refractivity (Wildman–Crippen MR) is 103 cm³/mol. The fourth-order valence-electron chi connectivity index (χ4n) is 2.93. The van der Waals surface area contributed by atoms with Crippen LogP contribution in [0.15, 0.2) is 54.6 Å². The fourth-order valence-corrected chi connectivity index (χ4v) is 2.93. The molecule has 1 amide bonds. The summed E-state index contributed by atoms with van der Waals surface area (Å²) in [6.45, 7) is 0.637. The number of rotatable bonds is 6. The van der Waals surface area contributed by atoms with Gasteiger partial charge in [0.1, 0.15) is 11.6 Å². The number of carbonyl (C=O) groups is 1. The third kappa shape index (κ3) is 3.61. The molecule has 1 aromatic heterocycles. The van der Waals surface area contributed by atoms with E-state index in [2.05, 4.69) is 15.6 Å². The van der Waals surface area contributed by atoms with Crippen LogP contribution in [0.4, 0.5) is 11.5 Å². The molecule has 0 saturated heterocycles. The van der Waals surface area contributed by atoms with Crippen molar-refractivity contribution < 1.29 is 9.53 Å². The van der Waals surface area contributed by atoms with E-state index in [9.17, 15) is 4.79 Å². The molecule has 0 unspecified atom stereocenters. The SMILES string of the molecule is COc1ccccc1CNc1ccc2cc(NC(=O)C3CC3)ccc2n1. The van der Waals surface area contributed by atoms with Gasteiger partial charge in [-0.2, -0.15) is 0 Å². The third-order valence-electron chi connectivity index (χ3n) is 4.56. The molecule has 3 aromatic rings. The molecule has 1 fully saturated rings. The van der Waals surface area contributed by atoms with E-state index in [1.165, 1.54) is 0 Å². The number of hydrogen-bond acceptors (Lipinski definition) is 4. The van der Waals surface area contributed by atoms with Crippen LogP contribution >= 0.6 is 0 Å². The van der Waals surface area contributed by atoms with Crippen molar-refractivity contribution in [2.75, 3.05) is 17.7 Å². The molecule has 0 bridgehead atoms. The Bertz CT molecular complexity index is 951. The van der Waals surface area contributed by atoms with Gasteiger partial charge in [-0.05, 0) is 49.2 Å². The molecule has 1 aliphatic rings. The van der Waals surface area contributed by atoms with Crippen LogP contribution in [0.25, 0.3) is 10.9 Å². The molecule has 5 heteroatoms. The predicted octanol–water partition coefficient (Wildman–Crippen LogP) is 4.20. The van der Waals surface area contributed by atoms with Crippen molar-refractivity contribution in [3.8, 4) is 5.75 Å². The highest BCUT2D eigenvalue weighted by Crippen LogP contribution is 2.30. The maximum Gasteiger partial charge on any atom is 0.227 e. The van der Waals surface area contributed by atoms with Crippen LogP contribution in [0.1, 0.15) is 18.4 Å². The average molecular weight is 347 g/mol. The minimum absolute atomic E-state index is 0.118. The zero-order valence-electron chi connectivity index (χ0n) is 14.7. The number of aromatic nitrogens is 1. The number of ether oxygens (including phenoxy) is 1. The molecule has 4 rings (SSSR count). The first-order chi connectivity index (χ1) is 12.7. The molecule has 0 aliphatic heterocycles. The van der Waals surface area contributed by atoms with Crippen LogP contribution in [0.3, 0.4) is 0 Å². The highest BCUT2D eigenvalue weighted by Gasteiger charge is 2.29. The van der Waals surface area contributed by atoms with Gasteiger partial charge in [-0.1, -0.05) is 18.2 Å². The number of methoxy groups -OCH3 is 1. The molecule has 0 atom stereocenters. The zero-order chi connectivity index (χ0) is 17.9. The topological polar surface area (TPSA) is 63.2 Å². The summed E-state index contributed by atoms with van der Waals surface area (Å²) in [6.07, 6.45) is 2.00. The number of pyridine rings is 1. The number of hydrogen-bond donors (Lipinski definition) is 2. The Morgan fingerprint density at radius 1 is 1.15 bits per heavy atom. The minimum Gasteiger partial charge on any atom is -0.496 e. The summed E-state index contributed by atoms with van der Waals surface area (Å²) in [4.78, 5) is 16.5. The molecule has 0 spiro atoms. The van der Waals surface area contributed by atoms with Crippen molar-refractivity contribution in [2.45, 2.75) is 19.4 Å². The molecule has 26 heavy (non-hydrogen) atoms. The summed E-state index contributed by atoms with van der Waals surface area (Å²) in [5.74, 6) is 1.98. The van der Waals surface area contributed by atoms with Crippen molar-refractivity contribution in [3.05, 3.63) is 60.2 Å². The second kappa shape index (κ2) is 7.04. The van der Waals surface area contributed by atoms with Crippen molar-refractivity contribution in [2.24, 2.45) is 5.92 Å². The van der Waals surface area contributed by atoms with Gasteiger partial charge < -0.3 is 15.4 Å². The summed E-state index contributed by atoms with van der Waals surface area (Å²) in [5, 5.41) is 7.31. The quantitative estimate of drug-likeness (QED) is 0.701. The standard InChI is InChI=1S/C21H21N3O2/c1-26-19-5-3-2-4-16(19)13-22-20-11-8-15-12-17(9-10-18(15)24-20)23-21(25)14-6-7-14/h2-5,8-12,14H,6-7,13H2,1H3,(H,22,24)(H,23,25). The first kappa shape index (κ1) is 16.4. The molecule has 0 radical (unpaired) electrons. The van der Waals surface area contributed by atoms with E-state index in [1.54, 1.807) is 7.11 Å². The Balaban J connectivity index is 1.47. The van der Waals surface area contributed by atoms with E-state index < -0.39 is 0 Å². The number of amides is 1. The van der Waals surface area contributed by atoms with Gasteiger partial charge in [-0.25, -0.2) is 4.98 Å². The second-order valence-electron chi connectivity index (χ2n) is 6.53. The van der Waals surface area contributed by atoms with Crippen LogP contribution in [0.5, 0.6) is 5.75 Å². The normalized spacial score (nSPS) is 13.4. The Labute approximate surface area is 152 Å². The van der Waals surface area contributed by atoms with Gasteiger partial charge in [0.05, 0.1) is 12.6 Å². The lowest BCUT2D eigenvalue weighted by atomic mass is 10.2. The van der Waals surface area contributed by atoms with Crippen molar-refractivity contribution in [1.29, 1.82) is 0 Å². The maximum atomic E-state index is 11.9. The molecular weight excluding hydrogens is 326 g/mol. The largest absolute Gasteiger partial charge is 0.496 e. The molecule has 1 heterocycles. The Kier molecular flexibility index (Phi) is 4.44. The summed E-state index contributed by atoms with van der Waals surface area (Å²) in [5.41, 5.74) is 2.79. The average Bonchev–Trinajstić information content (AvgIpc) is 3.52. The van der Waals surface area contributed by atoms with Crippen molar-refractivity contribution in [3.63, 3.8) is 0 Å². The van der Waals surface area contributed by atoms with Crippen LogP contribution in [0, 0.1) is 5.92 Å². The lowest BCUT2D eigenvalue weighted by Crippen LogP contribution is -2.13. The number of nitrogens with one attached hydrogen (secondary N) is 2. The molecule has 1 saturated carbocycles. The molecule has 5 nitrogen and oxygen atoms in total. The summed E-state index contributed by atoms with van der Waals surface area (Å²) in [7, 11) is 1.67. The van der Waals surface area contributed by atoms with Crippen molar-refractivity contribution >= 4 is 28.3 Å². The molecule has 2 aromatic carbocycles. The van der Waals surface area contributed by atoms with Crippen LogP contribution < -0.4 is 15.4 Å². The second-order valence-corrected chi connectivity index (χ2v) is 6.53. The lowest BCUT2D eigenvalue weighted by molar-refractivity contribution is -0.117. The van der Waals surface area contributed by atoms with E-state index in [-0.39, 0.29) is 11.8 Å². The number of para-hydroxylation sites is 1. The monoisotopic (exact) mass is 347 g/mol. The summed E-state index contributed by atoms with van der Waals surface area (Å²) in [6, 6.07) is 17.7. The Hall–Kier alpha value is -3.08. The molecule has 132 valence electrons. The van der Waals surface area contributed by atoms with Gasteiger partial charge >= 0.3 is 0 Å². The first-order valence-electron chi connectivity index (χ1n) is 8.80. The molecular formula is C21H21N3O2. The van der Waals surface area contributed by atoms with Crippen LogP contribution in [-0.2, 0) is 11.3 Å². The van der Waals surface area contributed by atoms with Gasteiger partial charge in [-0.3, -0.25) is 4.79 Å². The van der Waals surface area contributed by atoms with E-state index >= 15 is 0 Å². The Morgan fingerprint density at radius 3 is 2.81 bits per heavy atom. The van der Waals surface area contributed by atoms with Crippen LogP contribution in [0.2, 0.25) is 0 Å². The van der Waals surface area contributed by atoms with Gasteiger partial charge in [0.15, 0.2) is 0 Å². The zero-order valence-corrected chi connectivity index (χ0v) is 14.7. The number of nitrogens with zero attached hydrogens (tertiary/aromatic N) is 1. The van der Waals surface area contributed by atoms with Crippen molar-refractivity contribution in [1.82, 2.24) is 4.98 Å². The first-order valence-corrected chi connectivity index (χ1v) is 8.80. The van der Waals surface area contributed by atoms with Crippen LogP contribution in [-0.4, -0.2) is 18.0 Å². The summed E-state index contributed by atoms with van der Waals surface area (Å²) < 4.78 is 5.38. The number of carbonyl (C=O) groups excluding carboxylic acids is 1.